The summed E-state index contributed by atoms with van der Waals surface area (Å²) >= 11 is 0. The van der Waals surface area contributed by atoms with Crippen LogP contribution in [-0.4, -0.2) is 66.6 Å². The number of anilines is 2. The van der Waals surface area contributed by atoms with Crippen LogP contribution in [0.4, 0.5) is 11.8 Å². The highest BCUT2D eigenvalue weighted by Gasteiger charge is 2.27. The van der Waals surface area contributed by atoms with Gasteiger partial charge < -0.3 is 19.5 Å². The molecule has 1 aliphatic carbocycles. The fourth-order valence-electron chi connectivity index (χ4n) is 4.13. The summed E-state index contributed by atoms with van der Waals surface area (Å²) in [6.45, 7) is 5.12. The number of hydrogen-bond donors (Lipinski definition) is 2. The van der Waals surface area contributed by atoms with Crippen LogP contribution in [0.2, 0.25) is 0 Å². The van der Waals surface area contributed by atoms with Crippen LogP contribution < -0.4 is 15.9 Å². The zero-order chi connectivity index (χ0) is 20.8. The van der Waals surface area contributed by atoms with E-state index in [4.69, 9.17) is 14.7 Å². The Morgan fingerprint density at radius 2 is 1.93 bits per heavy atom. The van der Waals surface area contributed by atoms with Gasteiger partial charge in [0.25, 0.3) is 0 Å². The van der Waals surface area contributed by atoms with Crippen molar-refractivity contribution < 1.29 is 4.74 Å². The van der Waals surface area contributed by atoms with E-state index in [0.29, 0.717) is 36.4 Å². The van der Waals surface area contributed by atoms with Gasteiger partial charge in [-0.15, -0.1) is 5.10 Å². The molecular weight excluding hydrogens is 386 g/mol. The molecule has 0 bridgehead atoms. The summed E-state index contributed by atoms with van der Waals surface area (Å²) in [6, 6.07) is 0.286. The minimum atomic E-state index is -0.305. The number of hydrogen-bond acceptors (Lipinski definition) is 8. The molecule has 1 saturated carbocycles. The Morgan fingerprint density at radius 3 is 2.57 bits per heavy atom. The second-order valence-electron chi connectivity index (χ2n) is 8.16. The van der Waals surface area contributed by atoms with Crippen molar-refractivity contribution in [2.75, 3.05) is 36.5 Å². The normalized spacial score (nSPS) is 18.6. The van der Waals surface area contributed by atoms with Gasteiger partial charge in [0.2, 0.25) is 11.8 Å². The third-order valence-electron chi connectivity index (χ3n) is 6.20. The van der Waals surface area contributed by atoms with Crippen molar-refractivity contribution in [3.8, 4) is 11.6 Å². The minimum Gasteiger partial charge on any atom is -0.378 e. The number of aromatic amines is 1. The number of fused-ring (bicyclic) bond motifs is 1. The molecule has 3 aromatic rings. The molecular formula is C19H27N9O2. The summed E-state index contributed by atoms with van der Waals surface area (Å²) in [7, 11) is 3.58. The Kier molecular flexibility index (Phi) is 4.69. The minimum absolute atomic E-state index is 0.286. The van der Waals surface area contributed by atoms with Gasteiger partial charge in [0.1, 0.15) is 5.52 Å². The quantitative estimate of drug-likeness (QED) is 0.633. The number of morpholine rings is 1. The van der Waals surface area contributed by atoms with Gasteiger partial charge in [0, 0.05) is 33.2 Å². The summed E-state index contributed by atoms with van der Waals surface area (Å²) in [4.78, 5) is 31.0. The predicted octanol–water partition coefficient (Wildman–Crippen LogP) is 0.889. The SMILES string of the molecule is C[C@@H](Nc1nc(-c2nn(C)c(=O)[nH]2)nc2nc(N3CCOCC3)n(C)c12)C1CCC1. The molecule has 2 N–H and O–H groups in total. The molecule has 160 valence electrons. The molecule has 11 heteroatoms. The first-order valence-corrected chi connectivity index (χ1v) is 10.5. The molecule has 3 aromatic heterocycles. The maximum atomic E-state index is 11.9. The monoisotopic (exact) mass is 413 g/mol. The van der Waals surface area contributed by atoms with Crippen LogP contribution in [0.25, 0.3) is 22.8 Å². The Bertz CT molecular complexity index is 1120. The number of nitrogens with zero attached hydrogens (tertiary/aromatic N) is 7. The lowest BCUT2D eigenvalue weighted by Crippen LogP contribution is -2.37. The highest BCUT2D eigenvalue weighted by atomic mass is 16.5. The van der Waals surface area contributed by atoms with Crippen molar-refractivity contribution in [3.63, 3.8) is 0 Å². The van der Waals surface area contributed by atoms with Crippen LogP contribution in [0.5, 0.6) is 0 Å². The average Bonchev–Trinajstić information content (AvgIpc) is 3.20. The maximum absolute atomic E-state index is 11.9. The second-order valence-corrected chi connectivity index (χ2v) is 8.16. The smallest absolute Gasteiger partial charge is 0.343 e. The molecule has 30 heavy (non-hydrogen) atoms. The number of rotatable bonds is 5. The van der Waals surface area contributed by atoms with Crippen LogP contribution in [0, 0.1) is 5.92 Å². The van der Waals surface area contributed by atoms with Crippen molar-refractivity contribution in [1.82, 2.24) is 34.3 Å². The van der Waals surface area contributed by atoms with E-state index in [9.17, 15) is 4.79 Å². The van der Waals surface area contributed by atoms with Gasteiger partial charge in [-0.05, 0) is 25.7 Å². The van der Waals surface area contributed by atoms with Gasteiger partial charge >= 0.3 is 5.69 Å². The van der Waals surface area contributed by atoms with Crippen molar-refractivity contribution in [2.24, 2.45) is 20.0 Å². The third-order valence-corrected chi connectivity index (χ3v) is 6.20. The van der Waals surface area contributed by atoms with E-state index in [1.807, 2.05) is 11.6 Å². The van der Waals surface area contributed by atoms with E-state index in [-0.39, 0.29) is 11.7 Å². The number of aromatic nitrogens is 7. The van der Waals surface area contributed by atoms with E-state index < -0.39 is 0 Å². The molecule has 4 heterocycles. The zero-order valence-corrected chi connectivity index (χ0v) is 17.6. The first-order valence-electron chi connectivity index (χ1n) is 10.5. The Labute approximate surface area is 173 Å². The first-order chi connectivity index (χ1) is 14.5. The average molecular weight is 413 g/mol. The summed E-state index contributed by atoms with van der Waals surface area (Å²) in [5, 5.41) is 7.82. The van der Waals surface area contributed by atoms with Gasteiger partial charge in [-0.3, -0.25) is 4.98 Å². The Balaban J connectivity index is 1.62. The molecule has 2 fully saturated rings. The number of ether oxygens (including phenoxy) is 1. The second kappa shape index (κ2) is 7.38. The molecule has 1 aliphatic heterocycles. The molecule has 1 atom stereocenters. The van der Waals surface area contributed by atoms with Crippen LogP contribution in [0.3, 0.4) is 0 Å². The summed E-state index contributed by atoms with van der Waals surface area (Å²) < 4.78 is 8.77. The lowest BCUT2D eigenvalue weighted by molar-refractivity contribution is 0.122. The lowest BCUT2D eigenvalue weighted by Gasteiger charge is -2.32. The van der Waals surface area contributed by atoms with Crippen LogP contribution in [-0.2, 0) is 18.8 Å². The molecule has 11 nitrogen and oxygen atoms in total. The number of nitrogens with one attached hydrogen (secondary N) is 2. The van der Waals surface area contributed by atoms with Gasteiger partial charge in [-0.1, -0.05) is 6.42 Å². The number of aryl methyl sites for hydroxylation is 2. The summed E-state index contributed by atoms with van der Waals surface area (Å²) in [5.74, 6) is 2.89. The van der Waals surface area contributed by atoms with Crippen LogP contribution >= 0.6 is 0 Å². The summed E-state index contributed by atoms with van der Waals surface area (Å²) in [6.07, 6.45) is 3.74. The Hall–Kier alpha value is -2.95. The molecule has 0 radical (unpaired) electrons. The van der Waals surface area contributed by atoms with Crippen molar-refractivity contribution in [2.45, 2.75) is 32.2 Å². The van der Waals surface area contributed by atoms with E-state index in [1.54, 1.807) is 7.05 Å². The predicted molar refractivity (Wildman–Crippen MR) is 113 cm³/mol. The summed E-state index contributed by atoms with van der Waals surface area (Å²) in [5.41, 5.74) is 1.13. The van der Waals surface area contributed by atoms with Crippen LogP contribution in [0.15, 0.2) is 4.79 Å². The highest BCUT2D eigenvalue weighted by molar-refractivity contribution is 5.87. The largest absolute Gasteiger partial charge is 0.378 e. The topological polar surface area (TPSA) is 119 Å². The molecule has 0 unspecified atom stereocenters. The first kappa shape index (κ1) is 19.0. The molecule has 0 spiro atoms. The van der Waals surface area contributed by atoms with E-state index in [2.05, 4.69) is 32.2 Å². The Morgan fingerprint density at radius 1 is 1.17 bits per heavy atom. The third kappa shape index (κ3) is 3.22. The standard InChI is InChI=1S/C19H27N9O2/c1-11(12-5-4-6-12)20-14-13-15(22-16(21-14)17-24-19(29)27(3)25-17)23-18(26(13)2)28-7-9-30-10-8-28/h11-12H,4-10H2,1-3H3,(H,20,21,22)(H,24,25,29)/t11-/m1/s1. The van der Waals surface area contributed by atoms with Gasteiger partial charge in [-0.2, -0.15) is 4.98 Å². The molecule has 1 saturated heterocycles. The molecule has 5 rings (SSSR count). The molecule has 0 aromatic carbocycles. The fourth-order valence-corrected chi connectivity index (χ4v) is 4.13. The van der Waals surface area contributed by atoms with E-state index in [1.165, 1.54) is 23.9 Å². The molecule has 2 aliphatic rings. The number of H-pyrrole nitrogens is 1. The van der Waals surface area contributed by atoms with Gasteiger partial charge in [0.15, 0.2) is 17.3 Å². The van der Waals surface area contributed by atoms with Crippen molar-refractivity contribution in [3.05, 3.63) is 10.5 Å². The van der Waals surface area contributed by atoms with Crippen LogP contribution in [0.1, 0.15) is 26.2 Å². The van der Waals surface area contributed by atoms with E-state index in [0.717, 1.165) is 30.4 Å². The maximum Gasteiger partial charge on any atom is 0.343 e. The van der Waals surface area contributed by atoms with Crippen molar-refractivity contribution >= 4 is 22.9 Å². The van der Waals surface area contributed by atoms with E-state index >= 15 is 0 Å². The number of imidazole rings is 1. The van der Waals surface area contributed by atoms with Crippen molar-refractivity contribution in [1.29, 1.82) is 0 Å². The highest BCUT2D eigenvalue weighted by Crippen LogP contribution is 2.33. The molecule has 0 amide bonds. The zero-order valence-electron chi connectivity index (χ0n) is 17.6. The lowest BCUT2D eigenvalue weighted by atomic mass is 9.80. The fraction of sp³-hybridized carbons (Fsp3) is 0.632. The van der Waals surface area contributed by atoms with Gasteiger partial charge in [-0.25, -0.2) is 19.4 Å². The van der Waals surface area contributed by atoms with Gasteiger partial charge in [0.05, 0.1) is 13.2 Å².